The summed E-state index contributed by atoms with van der Waals surface area (Å²) >= 11 is 0. The van der Waals surface area contributed by atoms with Crippen LogP contribution >= 0.6 is 0 Å². The Morgan fingerprint density at radius 1 is 1.09 bits per heavy atom. The molecule has 0 aliphatic rings. The van der Waals surface area contributed by atoms with Crippen molar-refractivity contribution in [2.75, 3.05) is 63.6 Å². The molecule has 2 heterocycles. The van der Waals surface area contributed by atoms with Crippen molar-refractivity contribution in [3.8, 4) is 11.3 Å². The Hall–Kier alpha value is -5.40. The van der Waals surface area contributed by atoms with Crippen molar-refractivity contribution in [2.24, 2.45) is 0 Å². The first-order chi connectivity index (χ1) is 21.6. The zero-order chi connectivity index (χ0) is 33.9. The van der Waals surface area contributed by atoms with E-state index in [1.807, 2.05) is 61.2 Å². The number of ether oxygens (including phenoxy) is 2. The summed E-state index contributed by atoms with van der Waals surface area (Å²) in [5.41, 5.74) is 2.83. The summed E-state index contributed by atoms with van der Waals surface area (Å²) in [7, 11) is 8.44. The van der Waals surface area contributed by atoms with Gasteiger partial charge >= 0.3 is 12.1 Å². The first-order valence-electron chi connectivity index (χ1n) is 14.6. The van der Waals surface area contributed by atoms with Gasteiger partial charge < -0.3 is 29.6 Å². The number of amides is 1. The summed E-state index contributed by atoms with van der Waals surface area (Å²) in [6.45, 7) is 7.78. The molecule has 0 saturated heterocycles. The van der Waals surface area contributed by atoms with Crippen LogP contribution in [0.2, 0.25) is 0 Å². The Labute approximate surface area is 275 Å². The molecule has 0 bridgehead atoms. The minimum absolute atomic E-state index is 0. The number of rotatable bonds is 10. The average Bonchev–Trinajstić information content (AvgIpc) is 3.39. The van der Waals surface area contributed by atoms with Crippen LogP contribution < -0.4 is 15.2 Å². The number of esters is 1. The van der Waals surface area contributed by atoms with Crippen molar-refractivity contribution in [1.82, 2.24) is 19.5 Å². The van der Waals surface area contributed by atoms with E-state index in [2.05, 4.69) is 10.3 Å². The predicted octanol–water partition coefficient (Wildman–Crippen LogP) is 5.98. The number of nitro groups is 1. The summed E-state index contributed by atoms with van der Waals surface area (Å²) < 4.78 is 12.4. The number of hydrogen-bond acceptors (Lipinski definition) is 11. The van der Waals surface area contributed by atoms with Crippen molar-refractivity contribution >= 4 is 46.0 Å². The molecular formula is C33H44N8O6. The van der Waals surface area contributed by atoms with Crippen molar-refractivity contribution in [3.63, 3.8) is 0 Å². The summed E-state index contributed by atoms with van der Waals surface area (Å²) in [5, 5.41) is 18.1. The van der Waals surface area contributed by atoms with Crippen LogP contribution in [0.1, 0.15) is 44.1 Å². The molecule has 47 heavy (non-hydrogen) atoms. The minimum atomic E-state index is -0.634. The molecule has 0 radical (unpaired) electrons. The number of anilines is 3. The highest BCUT2D eigenvalue weighted by atomic mass is 16.6. The Morgan fingerprint density at radius 3 is 2.38 bits per heavy atom. The molecule has 4 rings (SSSR count). The predicted molar refractivity (Wildman–Crippen MR) is 184 cm³/mol. The maximum Gasteiger partial charge on any atom is 0.410 e. The fourth-order valence-corrected chi connectivity index (χ4v) is 4.83. The van der Waals surface area contributed by atoms with Gasteiger partial charge in [0.1, 0.15) is 16.9 Å². The van der Waals surface area contributed by atoms with E-state index in [0.717, 1.165) is 10.9 Å². The number of nitrogens with one attached hydrogen (secondary N) is 1. The Morgan fingerprint density at radius 2 is 1.77 bits per heavy atom. The summed E-state index contributed by atoms with van der Waals surface area (Å²) in [5.74, 6) is -0.457. The van der Waals surface area contributed by atoms with Crippen LogP contribution in [0.15, 0.2) is 48.8 Å². The van der Waals surface area contributed by atoms with E-state index in [4.69, 9.17) is 14.5 Å². The number of nitro benzene ring substituents is 1. The van der Waals surface area contributed by atoms with E-state index in [9.17, 15) is 19.7 Å². The summed E-state index contributed by atoms with van der Waals surface area (Å²) in [6, 6.07) is 10.9. The van der Waals surface area contributed by atoms with Crippen LogP contribution in [0, 0.1) is 17.0 Å². The minimum Gasteiger partial charge on any atom is -0.465 e. The van der Waals surface area contributed by atoms with Crippen LogP contribution in [0.3, 0.4) is 0 Å². The third-order valence-electron chi connectivity index (χ3n) is 7.22. The molecule has 4 aromatic rings. The number of likely N-dealkylation sites (N-methyl/N-ethyl adjacent to an activating group) is 2. The molecular weight excluding hydrogens is 604 g/mol. The first kappa shape index (κ1) is 36.1. The Kier molecular flexibility index (Phi) is 11.0. The van der Waals surface area contributed by atoms with Gasteiger partial charge in [0.15, 0.2) is 0 Å². The number of para-hydroxylation sites is 1. The zero-order valence-electron chi connectivity index (χ0n) is 27.6. The smallest absolute Gasteiger partial charge is 0.410 e. The quantitative estimate of drug-likeness (QED) is 0.123. The molecule has 0 spiro atoms. The van der Waals surface area contributed by atoms with Crippen LogP contribution in [-0.4, -0.2) is 90.5 Å². The molecule has 0 aliphatic carbocycles. The van der Waals surface area contributed by atoms with Crippen molar-refractivity contribution < 1.29 is 24.0 Å². The molecule has 14 heteroatoms. The fourth-order valence-electron chi connectivity index (χ4n) is 4.83. The average molecular weight is 649 g/mol. The van der Waals surface area contributed by atoms with Crippen molar-refractivity contribution in [2.45, 2.75) is 40.7 Å². The standard InChI is InChI=1S/C32H40N8O6.CH4/c1-20-16-26(37(7)14-15-38(8)31(42)46-32(2,3)4)27(40(43)44)17-24(20)34-30-33-18-22(29(41)45-9)28(35-30)23-19-39(36(5)6)25-13-11-10-12-21(23)25;/h10-13,16-19H,14-15H2,1-9H3,(H,33,34,35);1H4. The number of carbonyl (C=O) groups is 2. The number of nitrogens with zero attached hydrogens (tertiary/aromatic N) is 7. The fraction of sp³-hybridized carbons (Fsp3) is 0.394. The highest BCUT2D eigenvalue weighted by Crippen LogP contribution is 2.36. The van der Waals surface area contributed by atoms with Gasteiger partial charge in [0.2, 0.25) is 5.95 Å². The largest absolute Gasteiger partial charge is 0.465 e. The number of aryl methyl sites for hydroxylation is 1. The number of methoxy groups -OCH3 is 1. The maximum absolute atomic E-state index is 12.8. The second-order valence-corrected chi connectivity index (χ2v) is 12.1. The number of carbonyl (C=O) groups excluding carboxylic acids is 2. The van der Waals surface area contributed by atoms with Gasteiger partial charge in [-0.1, -0.05) is 25.6 Å². The van der Waals surface area contributed by atoms with E-state index in [1.54, 1.807) is 45.8 Å². The molecule has 252 valence electrons. The van der Waals surface area contributed by atoms with Gasteiger partial charge in [0.05, 0.1) is 28.9 Å². The van der Waals surface area contributed by atoms with E-state index in [0.29, 0.717) is 34.7 Å². The zero-order valence-corrected chi connectivity index (χ0v) is 27.6. The highest BCUT2D eigenvalue weighted by molar-refractivity contribution is 6.03. The molecule has 0 saturated carbocycles. The monoisotopic (exact) mass is 648 g/mol. The molecule has 2 aromatic heterocycles. The molecule has 0 unspecified atom stereocenters. The third-order valence-corrected chi connectivity index (χ3v) is 7.22. The lowest BCUT2D eigenvalue weighted by molar-refractivity contribution is -0.384. The topological polar surface area (TPSA) is 148 Å². The lowest BCUT2D eigenvalue weighted by Crippen LogP contribution is -2.38. The molecule has 0 fully saturated rings. The second-order valence-electron chi connectivity index (χ2n) is 12.1. The third kappa shape index (κ3) is 8.07. The van der Waals surface area contributed by atoms with Gasteiger partial charge in [-0.05, 0) is 45.4 Å². The molecule has 1 amide bonds. The van der Waals surface area contributed by atoms with Crippen molar-refractivity contribution in [1.29, 1.82) is 0 Å². The Bertz CT molecular complexity index is 1780. The lowest BCUT2D eigenvalue weighted by atomic mass is 10.1. The Balaban J connectivity index is 0.00000600. The van der Waals surface area contributed by atoms with Crippen LogP contribution in [0.4, 0.5) is 27.8 Å². The van der Waals surface area contributed by atoms with E-state index >= 15 is 0 Å². The molecule has 0 aliphatic heterocycles. The molecule has 1 N–H and O–H groups in total. The highest BCUT2D eigenvalue weighted by Gasteiger charge is 2.25. The first-order valence-corrected chi connectivity index (χ1v) is 14.6. The van der Waals surface area contributed by atoms with E-state index < -0.39 is 22.6 Å². The lowest BCUT2D eigenvalue weighted by Gasteiger charge is -2.27. The van der Waals surface area contributed by atoms with E-state index in [1.165, 1.54) is 24.3 Å². The second kappa shape index (κ2) is 14.4. The van der Waals surface area contributed by atoms with Gasteiger partial charge in [-0.2, -0.15) is 0 Å². The molecule has 2 aromatic carbocycles. The summed E-state index contributed by atoms with van der Waals surface area (Å²) in [4.78, 5) is 49.1. The molecule has 0 atom stereocenters. The maximum atomic E-state index is 12.8. The van der Waals surface area contributed by atoms with Crippen molar-refractivity contribution in [3.05, 3.63) is 70.0 Å². The van der Waals surface area contributed by atoms with Gasteiger partial charge in [-0.15, -0.1) is 0 Å². The number of hydrogen-bond donors (Lipinski definition) is 1. The van der Waals surface area contributed by atoms with Gasteiger partial charge in [-0.25, -0.2) is 19.6 Å². The van der Waals surface area contributed by atoms with Crippen LogP contribution in [0.5, 0.6) is 0 Å². The van der Waals surface area contributed by atoms with Gasteiger partial charge in [-0.3, -0.25) is 14.8 Å². The summed E-state index contributed by atoms with van der Waals surface area (Å²) in [6.07, 6.45) is 2.78. The van der Waals surface area contributed by atoms with Gasteiger partial charge in [0.25, 0.3) is 5.69 Å². The number of aromatic nitrogens is 3. The number of benzene rings is 2. The normalized spacial score (nSPS) is 11.0. The van der Waals surface area contributed by atoms with Crippen LogP contribution in [-0.2, 0) is 9.47 Å². The molecule has 14 nitrogen and oxygen atoms in total. The van der Waals surface area contributed by atoms with Gasteiger partial charge in [0, 0.05) is 70.7 Å². The SMILES string of the molecule is C.COC(=O)c1cnc(Nc2cc([N+](=O)[O-])c(N(C)CCN(C)C(=O)OC(C)(C)C)cc2C)nc1-c1cn(N(C)C)c2ccccc12. The van der Waals surface area contributed by atoms with E-state index in [-0.39, 0.29) is 31.2 Å². The van der Waals surface area contributed by atoms with Crippen LogP contribution in [0.25, 0.3) is 22.2 Å². The number of fused-ring (bicyclic) bond motifs is 1.